The summed E-state index contributed by atoms with van der Waals surface area (Å²) in [4.78, 5) is 20.9. The molecule has 1 amide bonds. The molecule has 0 saturated carbocycles. The van der Waals surface area contributed by atoms with E-state index in [1.54, 1.807) is 13.2 Å². The first-order chi connectivity index (χ1) is 16.6. The second kappa shape index (κ2) is 9.24. The molecule has 0 radical (unpaired) electrons. The molecule has 5 nitrogen and oxygen atoms in total. The van der Waals surface area contributed by atoms with Crippen molar-refractivity contribution in [3.63, 3.8) is 0 Å². The summed E-state index contributed by atoms with van der Waals surface area (Å²) in [6.45, 7) is 2.40. The van der Waals surface area contributed by atoms with Crippen LogP contribution >= 0.6 is 0 Å². The number of rotatable bonds is 6. The number of aryl methyl sites for hydroxylation is 1. The van der Waals surface area contributed by atoms with Gasteiger partial charge >= 0.3 is 0 Å². The SMILES string of the molecule is COc1ccc(/C=C/C(=O)NCc2cc3c([nH]c4ccccc43)c(-c3ccc(C)cc3)n2)cc1. The molecule has 5 heteroatoms. The molecule has 0 saturated heterocycles. The zero-order chi connectivity index (χ0) is 23.5. The average molecular weight is 448 g/mol. The number of ether oxygens (including phenoxy) is 1. The van der Waals surface area contributed by atoms with Gasteiger partial charge < -0.3 is 15.0 Å². The summed E-state index contributed by atoms with van der Waals surface area (Å²) in [6, 6.07) is 26.2. The molecule has 5 aromatic rings. The smallest absolute Gasteiger partial charge is 0.244 e. The van der Waals surface area contributed by atoms with E-state index in [9.17, 15) is 4.79 Å². The third-order valence-corrected chi connectivity index (χ3v) is 5.86. The van der Waals surface area contributed by atoms with E-state index in [4.69, 9.17) is 9.72 Å². The van der Waals surface area contributed by atoms with E-state index in [0.717, 1.165) is 50.1 Å². The van der Waals surface area contributed by atoms with Crippen LogP contribution in [0.15, 0.2) is 84.9 Å². The van der Waals surface area contributed by atoms with E-state index in [1.807, 2.05) is 36.4 Å². The quantitative estimate of drug-likeness (QED) is 0.312. The molecule has 0 fully saturated rings. The van der Waals surface area contributed by atoms with Crippen LogP contribution in [0.5, 0.6) is 5.75 Å². The van der Waals surface area contributed by atoms with Crippen LogP contribution in [0.4, 0.5) is 0 Å². The van der Waals surface area contributed by atoms with Crippen molar-refractivity contribution in [2.75, 3.05) is 7.11 Å². The first-order valence-electron chi connectivity index (χ1n) is 11.2. The van der Waals surface area contributed by atoms with E-state index in [2.05, 4.69) is 59.7 Å². The van der Waals surface area contributed by atoms with Gasteiger partial charge in [0.05, 0.1) is 30.6 Å². The maximum Gasteiger partial charge on any atom is 0.244 e. The van der Waals surface area contributed by atoms with Gasteiger partial charge in [-0.15, -0.1) is 0 Å². The molecule has 0 unspecified atom stereocenters. The topological polar surface area (TPSA) is 67.0 Å². The molecule has 0 aliphatic carbocycles. The standard InChI is InChI=1S/C29H25N3O2/c1-19-7-12-21(13-8-19)28-29-25(24-5-3-4-6-26(24)32-29)17-22(31-28)18-30-27(33)16-11-20-9-14-23(34-2)15-10-20/h3-17,32H,18H2,1-2H3,(H,30,33)/b16-11+. The van der Waals surface area contributed by atoms with Gasteiger partial charge in [0.2, 0.25) is 5.91 Å². The molecule has 2 heterocycles. The predicted octanol–water partition coefficient (Wildman–Crippen LogP) is 6.03. The zero-order valence-electron chi connectivity index (χ0n) is 19.1. The van der Waals surface area contributed by atoms with Crippen molar-refractivity contribution in [1.82, 2.24) is 15.3 Å². The Morgan fingerprint density at radius 3 is 2.53 bits per heavy atom. The third-order valence-electron chi connectivity index (χ3n) is 5.86. The number of carbonyl (C=O) groups is 1. The molecule has 0 atom stereocenters. The van der Waals surface area contributed by atoms with Crippen molar-refractivity contribution in [3.8, 4) is 17.0 Å². The van der Waals surface area contributed by atoms with Gasteiger partial charge in [0.25, 0.3) is 0 Å². The van der Waals surface area contributed by atoms with E-state index < -0.39 is 0 Å². The van der Waals surface area contributed by atoms with Gasteiger partial charge in [-0.1, -0.05) is 60.2 Å². The third kappa shape index (κ3) is 4.41. The summed E-state index contributed by atoms with van der Waals surface area (Å²) in [5.74, 6) is 0.609. The lowest BCUT2D eigenvalue weighted by atomic mass is 10.1. The highest BCUT2D eigenvalue weighted by Crippen LogP contribution is 2.32. The van der Waals surface area contributed by atoms with Crippen molar-refractivity contribution in [2.45, 2.75) is 13.5 Å². The van der Waals surface area contributed by atoms with Gasteiger partial charge in [-0.2, -0.15) is 0 Å². The van der Waals surface area contributed by atoms with Gasteiger partial charge in [-0.3, -0.25) is 4.79 Å². The number of nitrogens with one attached hydrogen (secondary N) is 2. The molecular weight excluding hydrogens is 422 g/mol. The second-order valence-electron chi connectivity index (χ2n) is 8.25. The number of benzene rings is 3. The lowest BCUT2D eigenvalue weighted by Crippen LogP contribution is -2.21. The summed E-state index contributed by atoms with van der Waals surface area (Å²) >= 11 is 0. The highest BCUT2D eigenvalue weighted by molar-refractivity contribution is 6.11. The fourth-order valence-electron chi connectivity index (χ4n) is 4.03. The highest BCUT2D eigenvalue weighted by Gasteiger charge is 2.13. The monoisotopic (exact) mass is 447 g/mol. The average Bonchev–Trinajstić information content (AvgIpc) is 3.25. The van der Waals surface area contributed by atoms with E-state index in [1.165, 1.54) is 11.6 Å². The first-order valence-corrected chi connectivity index (χ1v) is 11.2. The second-order valence-corrected chi connectivity index (χ2v) is 8.25. The molecule has 2 N–H and O–H groups in total. The number of methoxy groups -OCH3 is 1. The minimum absolute atomic E-state index is 0.173. The molecule has 0 bridgehead atoms. The summed E-state index contributed by atoms with van der Waals surface area (Å²) in [5, 5.41) is 5.20. The van der Waals surface area contributed by atoms with E-state index in [0.29, 0.717) is 6.54 Å². The van der Waals surface area contributed by atoms with Crippen molar-refractivity contribution in [3.05, 3.63) is 102 Å². The largest absolute Gasteiger partial charge is 0.497 e. The Bertz CT molecular complexity index is 1500. The van der Waals surface area contributed by atoms with Crippen LogP contribution in [0.25, 0.3) is 39.1 Å². The van der Waals surface area contributed by atoms with Crippen LogP contribution in [0, 0.1) is 6.92 Å². The summed E-state index contributed by atoms with van der Waals surface area (Å²) in [5.41, 5.74) is 6.91. The van der Waals surface area contributed by atoms with Crippen molar-refractivity contribution in [2.24, 2.45) is 0 Å². The summed E-state index contributed by atoms with van der Waals surface area (Å²) < 4.78 is 5.17. The maximum absolute atomic E-state index is 12.5. The molecule has 0 spiro atoms. The van der Waals surface area contributed by atoms with Gasteiger partial charge in [0, 0.05) is 27.9 Å². The molecule has 0 aliphatic heterocycles. The summed E-state index contributed by atoms with van der Waals surface area (Å²) in [7, 11) is 1.63. The predicted molar refractivity (Wildman–Crippen MR) is 138 cm³/mol. The van der Waals surface area contributed by atoms with Crippen molar-refractivity contribution < 1.29 is 9.53 Å². The van der Waals surface area contributed by atoms with Gasteiger partial charge in [-0.25, -0.2) is 4.98 Å². The molecule has 3 aromatic carbocycles. The molecule has 168 valence electrons. The number of H-pyrrole nitrogens is 1. The van der Waals surface area contributed by atoms with Crippen LogP contribution in [0.1, 0.15) is 16.8 Å². The lowest BCUT2D eigenvalue weighted by Gasteiger charge is -2.09. The number of para-hydroxylation sites is 1. The van der Waals surface area contributed by atoms with Crippen molar-refractivity contribution in [1.29, 1.82) is 0 Å². The highest BCUT2D eigenvalue weighted by atomic mass is 16.5. The Hall–Kier alpha value is -4.38. The number of amides is 1. The number of pyridine rings is 1. The minimum atomic E-state index is -0.173. The minimum Gasteiger partial charge on any atom is -0.497 e. The molecule has 5 rings (SSSR count). The van der Waals surface area contributed by atoms with E-state index >= 15 is 0 Å². The zero-order valence-corrected chi connectivity index (χ0v) is 19.1. The number of aromatic amines is 1. The Morgan fingerprint density at radius 1 is 1.00 bits per heavy atom. The number of aromatic nitrogens is 2. The van der Waals surface area contributed by atoms with Crippen LogP contribution < -0.4 is 10.1 Å². The normalized spacial score (nSPS) is 11.4. The number of hydrogen-bond donors (Lipinski definition) is 2. The maximum atomic E-state index is 12.5. The van der Waals surface area contributed by atoms with Crippen LogP contribution in [0.2, 0.25) is 0 Å². The van der Waals surface area contributed by atoms with E-state index in [-0.39, 0.29) is 5.91 Å². The van der Waals surface area contributed by atoms with Gasteiger partial charge in [0.15, 0.2) is 0 Å². The molecule has 2 aromatic heterocycles. The Labute approximate surface area is 198 Å². The number of fused-ring (bicyclic) bond motifs is 3. The van der Waals surface area contributed by atoms with Crippen LogP contribution in [-0.2, 0) is 11.3 Å². The fraction of sp³-hybridized carbons (Fsp3) is 0.103. The molecule has 34 heavy (non-hydrogen) atoms. The number of nitrogens with zero attached hydrogens (tertiary/aromatic N) is 1. The number of hydrogen-bond acceptors (Lipinski definition) is 3. The Morgan fingerprint density at radius 2 is 1.76 bits per heavy atom. The van der Waals surface area contributed by atoms with Crippen LogP contribution in [0.3, 0.4) is 0 Å². The van der Waals surface area contributed by atoms with Crippen molar-refractivity contribution >= 4 is 33.8 Å². The Balaban J connectivity index is 1.43. The van der Waals surface area contributed by atoms with Gasteiger partial charge in [0.1, 0.15) is 5.75 Å². The van der Waals surface area contributed by atoms with Crippen LogP contribution in [-0.4, -0.2) is 23.0 Å². The first kappa shape index (κ1) is 21.5. The number of carbonyl (C=O) groups excluding carboxylic acids is 1. The molecule has 0 aliphatic rings. The molecular formula is C29H25N3O2. The fourth-order valence-corrected chi connectivity index (χ4v) is 4.03. The lowest BCUT2D eigenvalue weighted by molar-refractivity contribution is -0.116. The van der Waals surface area contributed by atoms with Gasteiger partial charge in [-0.05, 0) is 42.8 Å². The Kier molecular flexibility index (Phi) is 5.83. The summed E-state index contributed by atoms with van der Waals surface area (Å²) in [6.07, 6.45) is 3.32.